The molecule has 0 aromatic carbocycles. The number of carbonyl (C=O) groups excluding carboxylic acids is 2. The van der Waals surface area contributed by atoms with Crippen molar-refractivity contribution in [3.8, 4) is 0 Å². The molecule has 1 aliphatic heterocycles. The van der Waals surface area contributed by atoms with Gasteiger partial charge in [-0.05, 0) is 93.3 Å². The lowest BCUT2D eigenvalue weighted by Crippen LogP contribution is -2.61. The molecular weight excluding hydrogens is 458 g/mol. The summed E-state index contributed by atoms with van der Waals surface area (Å²) < 4.78 is 5.84. The van der Waals surface area contributed by atoms with Crippen molar-refractivity contribution in [2.45, 2.75) is 102 Å². The molecule has 0 aromatic rings. The second-order valence-electron chi connectivity index (χ2n) is 12.7. The van der Waals surface area contributed by atoms with Gasteiger partial charge in [-0.1, -0.05) is 20.4 Å². The van der Waals surface area contributed by atoms with E-state index in [2.05, 4.69) is 27.4 Å². The van der Waals surface area contributed by atoms with E-state index >= 15 is 0 Å². The quantitative estimate of drug-likeness (QED) is 0.500. The number of hydrogen-bond donors (Lipinski definition) is 3. The molecule has 7 heteroatoms. The highest BCUT2D eigenvalue weighted by Crippen LogP contribution is 2.67. The van der Waals surface area contributed by atoms with Crippen molar-refractivity contribution in [3.63, 3.8) is 0 Å². The van der Waals surface area contributed by atoms with Crippen LogP contribution in [0.5, 0.6) is 0 Å². The molecule has 200 valence electrons. The highest BCUT2D eigenvalue weighted by Gasteiger charge is 2.67. The summed E-state index contributed by atoms with van der Waals surface area (Å²) in [5, 5.41) is 33.2. The average molecular weight is 502 g/mol. The van der Waals surface area contributed by atoms with Gasteiger partial charge in [0.1, 0.15) is 0 Å². The molecule has 3 N–H and O–H groups in total. The van der Waals surface area contributed by atoms with Crippen LogP contribution in [0.4, 0.5) is 0 Å². The Balaban J connectivity index is 1.46. The fourth-order valence-electron chi connectivity index (χ4n) is 8.98. The molecule has 1 amide bonds. The zero-order valence-electron chi connectivity index (χ0n) is 22.0. The van der Waals surface area contributed by atoms with Crippen LogP contribution in [-0.4, -0.2) is 75.0 Å². The van der Waals surface area contributed by atoms with Gasteiger partial charge in [0.25, 0.3) is 0 Å². The summed E-state index contributed by atoms with van der Waals surface area (Å²) in [6, 6.07) is -0.106. The van der Waals surface area contributed by atoms with E-state index in [0.29, 0.717) is 19.4 Å². The van der Waals surface area contributed by atoms with Gasteiger partial charge in [-0.25, -0.2) is 0 Å². The molecule has 0 bridgehead atoms. The second-order valence-corrected chi connectivity index (χ2v) is 12.7. The summed E-state index contributed by atoms with van der Waals surface area (Å²) in [4.78, 5) is 28.2. The average Bonchev–Trinajstić information content (AvgIpc) is 3.44. The normalized spacial score (nSPS) is 46.8. The Bertz CT molecular complexity index is 957. The first-order valence-corrected chi connectivity index (χ1v) is 13.9. The van der Waals surface area contributed by atoms with Crippen LogP contribution in [0.1, 0.15) is 72.1 Å². The van der Waals surface area contributed by atoms with E-state index in [9.17, 15) is 24.9 Å². The number of fused-ring (bicyclic) bond motifs is 5. The molecule has 8 unspecified atom stereocenters. The summed E-state index contributed by atoms with van der Waals surface area (Å²) in [5.41, 5.74) is -1.28. The minimum absolute atomic E-state index is 0.00715. The topological polar surface area (TPSA) is 107 Å². The number of hydrogen-bond acceptors (Lipinski definition) is 6. The van der Waals surface area contributed by atoms with Gasteiger partial charge in [-0.3, -0.25) is 9.59 Å². The number of carbonyl (C=O) groups is 2. The zero-order valence-corrected chi connectivity index (χ0v) is 22.0. The minimum atomic E-state index is -1.13. The van der Waals surface area contributed by atoms with E-state index in [0.717, 1.165) is 44.3 Å². The first-order valence-electron chi connectivity index (χ1n) is 13.9. The third-order valence-electron chi connectivity index (χ3n) is 11.1. The predicted molar refractivity (Wildman–Crippen MR) is 135 cm³/mol. The number of rotatable bonds is 5. The zero-order chi connectivity index (χ0) is 26.0. The molecule has 0 spiro atoms. The molecular formula is C29H43NO6. The molecule has 0 aromatic heterocycles. The minimum Gasteiger partial charge on any atom is -0.390 e. The van der Waals surface area contributed by atoms with E-state index in [1.54, 1.807) is 6.08 Å². The highest BCUT2D eigenvalue weighted by atomic mass is 16.5. The van der Waals surface area contributed by atoms with Crippen molar-refractivity contribution in [1.29, 1.82) is 0 Å². The van der Waals surface area contributed by atoms with Crippen LogP contribution in [0.3, 0.4) is 0 Å². The molecule has 10 atom stereocenters. The summed E-state index contributed by atoms with van der Waals surface area (Å²) in [6.07, 6.45) is 6.85. The van der Waals surface area contributed by atoms with Gasteiger partial charge in [0, 0.05) is 30.5 Å². The van der Waals surface area contributed by atoms with Gasteiger partial charge in [0.05, 0.1) is 23.9 Å². The van der Waals surface area contributed by atoms with Crippen molar-refractivity contribution >= 4 is 11.7 Å². The van der Waals surface area contributed by atoms with Gasteiger partial charge >= 0.3 is 0 Å². The van der Waals surface area contributed by atoms with Gasteiger partial charge in [0.2, 0.25) is 5.91 Å². The third-order valence-corrected chi connectivity index (χ3v) is 11.1. The molecule has 36 heavy (non-hydrogen) atoms. The molecule has 5 aliphatic rings. The number of ether oxygens (including phenoxy) is 1. The van der Waals surface area contributed by atoms with Crippen LogP contribution in [0.15, 0.2) is 24.3 Å². The second kappa shape index (κ2) is 9.04. The number of nitrogens with zero attached hydrogens (tertiary/aromatic N) is 1. The summed E-state index contributed by atoms with van der Waals surface area (Å²) in [5.74, 6) is -0.421. The molecule has 4 aliphatic carbocycles. The van der Waals surface area contributed by atoms with Crippen LogP contribution in [0.2, 0.25) is 0 Å². The Hall–Kier alpha value is -1.54. The first kappa shape index (κ1) is 26.1. The molecule has 3 saturated carbocycles. The maximum atomic E-state index is 13.4. The Morgan fingerprint density at radius 3 is 2.64 bits per heavy atom. The fraction of sp³-hybridized carbons (Fsp3) is 0.793. The van der Waals surface area contributed by atoms with Crippen LogP contribution < -0.4 is 0 Å². The molecule has 4 fully saturated rings. The van der Waals surface area contributed by atoms with E-state index < -0.39 is 28.6 Å². The lowest BCUT2D eigenvalue weighted by Gasteiger charge is -2.60. The highest BCUT2D eigenvalue weighted by molar-refractivity contribution is 5.95. The predicted octanol–water partition coefficient (Wildman–Crippen LogP) is 2.77. The van der Waals surface area contributed by atoms with Gasteiger partial charge in [-0.15, -0.1) is 0 Å². The standard InChI is InChI=1S/C29H43NO6/c1-5-26(34)30(16-18-7-6-12-36-18)17(2)19-9-11-29(35)21-13-23(31)22-14-24(32)25(33)15-27(22,3)20(21)8-10-28(19,29)4/h5,13,17-20,22,24-25,32-33,35H,1,6-12,14-16H2,2-4H3/t17?,18?,19?,20?,22?,24?,25?,27?,28-,29-/m1/s1. The number of ketones is 1. The first-order chi connectivity index (χ1) is 17.0. The number of amides is 1. The smallest absolute Gasteiger partial charge is 0.246 e. The summed E-state index contributed by atoms with van der Waals surface area (Å²) in [6.45, 7) is 11.3. The van der Waals surface area contributed by atoms with Gasteiger partial charge in [-0.2, -0.15) is 0 Å². The Kier molecular flexibility index (Phi) is 6.55. The maximum Gasteiger partial charge on any atom is 0.246 e. The van der Waals surface area contributed by atoms with Gasteiger partial charge < -0.3 is 25.0 Å². The molecule has 5 rings (SSSR count). The summed E-state index contributed by atoms with van der Waals surface area (Å²) in [7, 11) is 0. The van der Waals surface area contributed by atoms with E-state index in [4.69, 9.17) is 4.74 Å². The van der Waals surface area contributed by atoms with Crippen LogP contribution in [0, 0.1) is 28.6 Å². The summed E-state index contributed by atoms with van der Waals surface area (Å²) >= 11 is 0. The maximum absolute atomic E-state index is 13.4. The largest absolute Gasteiger partial charge is 0.390 e. The monoisotopic (exact) mass is 501 g/mol. The van der Waals surface area contributed by atoms with Crippen LogP contribution in [0.25, 0.3) is 0 Å². The van der Waals surface area contributed by atoms with Crippen LogP contribution in [-0.2, 0) is 14.3 Å². The third kappa shape index (κ3) is 3.68. The molecule has 1 heterocycles. The fourth-order valence-corrected chi connectivity index (χ4v) is 8.98. The van der Waals surface area contributed by atoms with Crippen molar-refractivity contribution in [1.82, 2.24) is 4.90 Å². The van der Waals surface area contributed by atoms with E-state index in [1.807, 2.05) is 4.90 Å². The SMILES string of the molecule is C=CC(=O)N(CC1CCCO1)C(C)C1CC[C@@]2(O)C3=CC(=O)C4CC(O)C(O)CC4(C)C3CC[C@]12C. The molecule has 0 radical (unpaired) electrons. The van der Waals surface area contributed by atoms with Crippen molar-refractivity contribution in [3.05, 3.63) is 24.3 Å². The lowest BCUT2D eigenvalue weighted by atomic mass is 9.46. The lowest BCUT2D eigenvalue weighted by molar-refractivity contribution is -0.154. The van der Waals surface area contributed by atoms with Crippen molar-refractivity contribution < 1.29 is 29.6 Å². The van der Waals surface area contributed by atoms with E-state index in [-0.39, 0.29) is 48.0 Å². The van der Waals surface area contributed by atoms with Crippen molar-refractivity contribution in [2.24, 2.45) is 28.6 Å². The van der Waals surface area contributed by atoms with Crippen molar-refractivity contribution in [2.75, 3.05) is 13.2 Å². The number of allylic oxidation sites excluding steroid dienone is 1. The Morgan fingerprint density at radius 2 is 1.97 bits per heavy atom. The van der Waals surface area contributed by atoms with Crippen LogP contribution >= 0.6 is 0 Å². The molecule has 7 nitrogen and oxygen atoms in total. The van der Waals surface area contributed by atoms with E-state index in [1.165, 1.54) is 6.08 Å². The molecule has 1 saturated heterocycles. The van der Waals surface area contributed by atoms with Gasteiger partial charge in [0.15, 0.2) is 5.78 Å². The number of aliphatic hydroxyl groups is 3. The Morgan fingerprint density at radius 1 is 1.22 bits per heavy atom. The Labute approximate surface area is 214 Å². The number of aliphatic hydroxyl groups excluding tert-OH is 2.